The molecule has 1 nitrogen and oxygen atoms in total. The molecule has 2 rings (SSSR count). The molecule has 94 valence electrons. The van der Waals surface area contributed by atoms with Crippen molar-refractivity contribution in [3.8, 4) is 0 Å². The number of hydrogen-bond acceptors (Lipinski definition) is 1. The van der Waals surface area contributed by atoms with Crippen molar-refractivity contribution in [2.75, 3.05) is 7.05 Å². The quantitative estimate of drug-likeness (QED) is 0.871. The molecule has 0 amide bonds. The third-order valence-corrected chi connectivity index (χ3v) is 3.83. The van der Waals surface area contributed by atoms with Gasteiger partial charge in [0, 0.05) is 5.02 Å². The van der Waals surface area contributed by atoms with E-state index in [0.717, 1.165) is 11.1 Å². The van der Waals surface area contributed by atoms with Crippen LogP contribution >= 0.6 is 27.5 Å². The third-order valence-electron chi connectivity index (χ3n) is 2.76. The molecule has 1 unspecified atom stereocenters. The number of rotatable bonds is 3. The molecule has 0 heterocycles. The molecule has 0 spiro atoms. The zero-order chi connectivity index (χ0) is 13.1. The summed E-state index contributed by atoms with van der Waals surface area (Å²) in [4.78, 5) is 0. The first-order chi connectivity index (χ1) is 8.63. The maximum Gasteiger partial charge on any atom is 0.137 e. The van der Waals surface area contributed by atoms with Gasteiger partial charge in [0.05, 0.1) is 10.5 Å². The molecule has 0 aliphatic rings. The molecule has 0 saturated heterocycles. The highest BCUT2D eigenvalue weighted by atomic mass is 79.9. The van der Waals surface area contributed by atoms with Crippen LogP contribution in [0.4, 0.5) is 4.39 Å². The molecule has 1 atom stereocenters. The van der Waals surface area contributed by atoms with Crippen LogP contribution in [0.25, 0.3) is 0 Å². The lowest BCUT2D eigenvalue weighted by molar-refractivity contribution is 0.608. The Balaban J connectivity index is 2.49. The van der Waals surface area contributed by atoms with Crippen molar-refractivity contribution >= 4 is 27.5 Å². The normalized spacial score (nSPS) is 12.4. The molecular weight excluding hydrogens is 317 g/mol. The van der Waals surface area contributed by atoms with E-state index in [2.05, 4.69) is 21.2 Å². The van der Waals surface area contributed by atoms with Crippen LogP contribution in [0.3, 0.4) is 0 Å². The van der Waals surface area contributed by atoms with E-state index in [1.807, 2.05) is 37.4 Å². The first-order valence-electron chi connectivity index (χ1n) is 5.50. The fourth-order valence-corrected chi connectivity index (χ4v) is 2.62. The van der Waals surface area contributed by atoms with Gasteiger partial charge in [0.2, 0.25) is 0 Å². The van der Waals surface area contributed by atoms with E-state index in [9.17, 15) is 4.39 Å². The molecule has 18 heavy (non-hydrogen) atoms. The molecule has 0 fully saturated rings. The molecule has 2 aromatic carbocycles. The van der Waals surface area contributed by atoms with Gasteiger partial charge in [0.15, 0.2) is 0 Å². The van der Waals surface area contributed by atoms with Crippen molar-refractivity contribution < 1.29 is 4.39 Å². The van der Waals surface area contributed by atoms with Crippen LogP contribution in [-0.4, -0.2) is 7.05 Å². The van der Waals surface area contributed by atoms with Crippen LogP contribution in [0.5, 0.6) is 0 Å². The van der Waals surface area contributed by atoms with E-state index < -0.39 is 0 Å². The molecule has 2 aromatic rings. The molecular formula is C14H12BrClFN. The highest BCUT2D eigenvalue weighted by Crippen LogP contribution is 2.31. The smallest absolute Gasteiger partial charge is 0.137 e. The van der Waals surface area contributed by atoms with Crippen molar-refractivity contribution in [3.63, 3.8) is 0 Å². The fraction of sp³-hybridized carbons (Fsp3) is 0.143. The van der Waals surface area contributed by atoms with Crippen molar-refractivity contribution in [1.29, 1.82) is 0 Å². The fourth-order valence-electron chi connectivity index (χ4n) is 1.93. The summed E-state index contributed by atoms with van der Waals surface area (Å²) in [6, 6.07) is 12.4. The second kappa shape index (κ2) is 5.83. The predicted octanol–water partition coefficient (Wildman–Crippen LogP) is 4.55. The van der Waals surface area contributed by atoms with Crippen LogP contribution in [0.1, 0.15) is 17.2 Å². The van der Waals surface area contributed by atoms with Crippen LogP contribution < -0.4 is 5.32 Å². The van der Waals surface area contributed by atoms with E-state index in [4.69, 9.17) is 11.6 Å². The Morgan fingerprint density at radius 3 is 2.61 bits per heavy atom. The van der Waals surface area contributed by atoms with Crippen molar-refractivity contribution in [2.24, 2.45) is 0 Å². The topological polar surface area (TPSA) is 12.0 Å². The molecule has 0 aromatic heterocycles. The summed E-state index contributed by atoms with van der Waals surface area (Å²) in [6.45, 7) is 0. The Morgan fingerprint density at radius 2 is 1.94 bits per heavy atom. The Kier molecular flexibility index (Phi) is 4.38. The highest BCUT2D eigenvalue weighted by Gasteiger charge is 2.16. The van der Waals surface area contributed by atoms with Gasteiger partial charge in [-0.3, -0.25) is 0 Å². The lowest BCUT2D eigenvalue weighted by atomic mass is 9.99. The van der Waals surface area contributed by atoms with Gasteiger partial charge in [-0.25, -0.2) is 4.39 Å². The molecule has 1 N–H and O–H groups in total. The van der Waals surface area contributed by atoms with Gasteiger partial charge in [0.25, 0.3) is 0 Å². The number of benzene rings is 2. The third kappa shape index (κ3) is 2.74. The molecule has 0 aliphatic heterocycles. The summed E-state index contributed by atoms with van der Waals surface area (Å²) in [5.41, 5.74) is 1.84. The lowest BCUT2D eigenvalue weighted by Gasteiger charge is -2.19. The second-order valence-electron chi connectivity index (χ2n) is 3.92. The van der Waals surface area contributed by atoms with Crippen LogP contribution in [0, 0.1) is 5.82 Å². The largest absolute Gasteiger partial charge is 0.309 e. The van der Waals surface area contributed by atoms with Gasteiger partial charge in [0.1, 0.15) is 5.82 Å². The molecule has 0 bridgehead atoms. The van der Waals surface area contributed by atoms with Gasteiger partial charge >= 0.3 is 0 Å². The van der Waals surface area contributed by atoms with E-state index >= 15 is 0 Å². The monoisotopic (exact) mass is 327 g/mol. The second-order valence-corrected chi connectivity index (χ2v) is 5.15. The van der Waals surface area contributed by atoms with E-state index in [1.54, 1.807) is 6.07 Å². The van der Waals surface area contributed by atoms with E-state index in [1.165, 1.54) is 6.07 Å². The van der Waals surface area contributed by atoms with Gasteiger partial charge in [-0.2, -0.15) is 0 Å². The number of nitrogens with one attached hydrogen (secondary N) is 1. The average Bonchev–Trinajstić information content (AvgIpc) is 2.35. The highest BCUT2D eigenvalue weighted by molar-refractivity contribution is 9.10. The lowest BCUT2D eigenvalue weighted by Crippen LogP contribution is -2.18. The maximum absolute atomic E-state index is 13.6. The summed E-state index contributed by atoms with van der Waals surface area (Å²) in [5.74, 6) is -0.269. The summed E-state index contributed by atoms with van der Waals surface area (Å²) < 4.78 is 14.0. The maximum atomic E-state index is 13.6. The molecule has 0 aliphatic carbocycles. The minimum absolute atomic E-state index is 0.103. The standard InChI is InChI=1S/C14H12BrClFN/c1-18-14(9-4-2-5-10(16)8-9)11-6-3-7-12(17)13(11)15/h2-8,14,18H,1H3. The van der Waals surface area contributed by atoms with Gasteiger partial charge in [-0.05, 0) is 52.3 Å². The predicted molar refractivity (Wildman–Crippen MR) is 76.5 cm³/mol. The van der Waals surface area contributed by atoms with Crippen LogP contribution in [0.2, 0.25) is 5.02 Å². The van der Waals surface area contributed by atoms with E-state index in [0.29, 0.717) is 9.50 Å². The van der Waals surface area contributed by atoms with Crippen LogP contribution in [-0.2, 0) is 0 Å². The first kappa shape index (κ1) is 13.5. The Bertz CT molecular complexity index is 559. The molecule has 0 saturated carbocycles. The molecule has 0 radical (unpaired) electrons. The van der Waals surface area contributed by atoms with Crippen molar-refractivity contribution in [3.05, 3.63) is 68.9 Å². The number of halogens is 3. The average molecular weight is 329 g/mol. The van der Waals surface area contributed by atoms with Gasteiger partial charge in [-0.15, -0.1) is 0 Å². The molecule has 4 heteroatoms. The van der Waals surface area contributed by atoms with Crippen molar-refractivity contribution in [1.82, 2.24) is 5.32 Å². The van der Waals surface area contributed by atoms with Crippen LogP contribution in [0.15, 0.2) is 46.9 Å². The van der Waals surface area contributed by atoms with Gasteiger partial charge in [-0.1, -0.05) is 35.9 Å². The van der Waals surface area contributed by atoms with E-state index in [-0.39, 0.29) is 11.9 Å². The van der Waals surface area contributed by atoms with Gasteiger partial charge < -0.3 is 5.32 Å². The zero-order valence-electron chi connectivity index (χ0n) is 9.75. The zero-order valence-corrected chi connectivity index (χ0v) is 12.1. The summed E-state index contributed by atoms with van der Waals surface area (Å²) in [5, 5.41) is 3.84. The Labute approximate surface area is 119 Å². The Morgan fingerprint density at radius 1 is 1.22 bits per heavy atom. The SMILES string of the molecule is CNC(c1cccc(Cl)c1)c1cccc(F)c1Br. The Hall–Kier alpha value is -0.900. The minimum Gasteiger partial charge on any atom is -0.309 e. The van der Waals surface area contributed by atoms with Crippen molar-refractivity contribution in [2.45, 2.75) is 6.04 Å². The first-order valence-corrected chi connectivity index (χ1v) is 6.67. The number of hydrogen-bond donors (Lipinski definition) is 1. The summed E-state index contributed by atoms with van der Waals surface area (Å²) in [6.07, 6.45) is 0. The summed E-state index contributed by atoms with van der Waals surface area (Å²) >= 11 is 9.28. The minimum atomic E-state index is -0.269. The summed E-state index contributed by atoms with van der Waals surface area (Å²) in [7, 11) is 1.84.